The molecule has 0 saturated heterocycles. The molecule has 0 aliphatic carbocycles. The van der Waals surface area contributed by atoms with Crippen molar-refractivity contribution in [3.8, 4) is 5.75 Å². The molecule has 0 bridgehead atoms. The summed E-state index contributed by atoms with van der Waals surface area (Å²) in [6.45, 7) is 5.31. The van der Waals surface area contributed by atoms with E-state index in [1.807, 2.05) is 12.1 Å². The van der Waals surface area contributed by atoms with E-state index >= 15 is 0 Å². The molecule has 6 nitrogen and oxygen atoms in total. The van der Waals surface area contributed by atoms with E-state index in [2.05, 4.69) is 4.99 Å². The van der Waals surface area contributed by atoms with E-state index in [1.165, 1.54) is 15.9 Å². The number of aromatic nitrogens is 1. The lowest BCUT2D eigenvalue weighted by molar-refractivity contribution is -0.143. The number of hydrogen-bond donors (Lipinski definition) is 0. The van der Waals surface area contributed by atoms with Gasteiger partial charge in [-0.2, -0.15) is 0 Å². The second-order valence-electron chi connectivity index (χ2n) is 7.97. The van der Waals surface area contributed by atoms with Crippen molar-refractivity contribution in [3.05, 3.63) is 94.6 Å². The molecule has 0 radical (unpaired) electrons. The van der Waals surface area contributed by atoms with Gasteiger partial charge in [-0.3, -0.25) is 9.36 Å². The fraction of sp³-hybridized carbons (Fsp3) is 0.240. The average Bonchev–Trinajstić information content (AvgIpc) is 3.08. The predicted molar refractivity (Wildman–Crippen MR) is 134 cm³/mol. The second kappa shape index (κ2) is 9.78. The monoisotopic (exact) mass is 516 g/mol. The summed E-state index contributed by atoms with van der Waals surface area (Å²) in [5, 5.41) is 0.939. The Bertz CT molecular complexity index is 1470. The van der Waals surface area contributed by atoms with Gasteiger partial charge in [0.25, 0.3) is 5.56 Å². The Hall–Kier alpha value is -2.87. The molecular weight excluding hydrogens is 495 g/mol. The number of methoxy groups -OCH3 is 1. The zero-order chi connectivity index (χ0) is 24.6. The molecule has 1 aromatic heterocycles. The number of nitrogens with zero attached hydrogens (tertiary/aromatic N) is 2. The van der Waals surface area contributed by atoms with E-state index < -0.39 is 12.0 Å². The first-order valence-electron chi connectivity index (χ1n) is 10.5. The van der Waals surface area contributed by atoms with Crippen LogP contribution >= 0.6 is 34.5 Å². The number of benzene rings is 2. The third kappa shape index (κ3) is 4.69. The van der Waals surface area contributed by atoms with Crippen LogP contribution in [0, 0.1) is 0 Å². The molecule has 1 aliphatic heterocycles. The van der Waals surface area contributed by atoms with Crippen LogP contribution < -0.4 is 19.6 Å². The molecule has 0 fully saturated rings. The summed E-state index contributed by atoms with van der Waals surface area (Å²) in [4.78, 5) is 31.8. The summed E-state index contributed by atoms with van der Waals surface area (Å²) in [6.07, 6.45) is 1.39. The van der Waals surface area contributed by atoms with E-state index in [0.717, 1.165) is 5.56 Å². The van der Waals surface area contributed by atoms with Crippen molar-refractivity contribution in [2.45, 2.75) is 32.9 Å². The molecule has 34 heavy (non-hydrogen) atoms. The Morgan fingerprint density at radius 3 is 2.50 bits per heavy atom. The molecule has 1 unspecified atom stereocenters. The van der Waals surface area contributed by atoms with Crippen molar-refractivity contribution in [2.75, 3.05) is 7.11 Å². The van der Waals surface area contributed by atoms with E-state index in [1.54, 1.807) is 64.3 Å². The van der Waals surface area contributed by atoms with E-state index in [-0.39, 0.29) is 11.7 Å². The summed E-state index contributed by atoms with van der Waals surface area (Å²) in [6, 6.07) is 11.6. The van der Waals surface area contributed by atoms with Crippen LogP contribution in [0.3, 0.4) is 0 Å². The van der Waals surface area contributed by atoms with Crippen LogP contribution in [-0.2, 0) is 9.53 Å². The maximum atomic E-state index is 13.6. The van der Waals surface area contributed by atoms with Crippen molar-refractivity contribution in [2.24, 2.45) is 4.99 Å². The first-order chi connectivity index (χ1) is 16.2. The van der Waals surface area contributed by atoms with Crippen molar-refractivity contribution < 1.29 is 14.3 Å². The highest BCUT2D eigenvalue weighted by atomic mass is 35.5. The van der Waals surface area contributed by atoms with Crippen molar-refractivity contribution in [1.29, 1.82) is 0 Å². The minimum absolute atomic E-state index is 0.280. The number of thiazole rings is 1. The Morgan fingerprint density at radius 1 is 1.18 bits per heavy atom. The molecule has 1 atom stereocenters. The smallest absolute Gasteiger partial charge is 0.338 e. The lowest BCUT2D eigenvalue weighted by Crippen LogP contribution is -2.40. The molecule has 1 aliphatic rings. The number of ether oxygens (including phenoxy) is 2. The van der Waals surface area contributed by atoms with Crippen molar-refractivity contribution in [1.82, 2.24) is 4.57 Å². The molecule has 2 heterocycles. The maximum absolute atomic E-state index is 13.6. The first-order valence-corrected chi connectivity index (χ1v) is 12.1. The van der Waals surface area contributed by atoms with Crippen LogP contribution in [-0.4, -0.2) is 23.8 Å². The Labute approximate surface area is 210 Å². The fourth-order valence-electron chi connectivity index (χ4n) is 3.72. The summed E-state index contributed by atoms with van der Waals surface area (Å²) in [5.74, 6) is 0.160. The molecule has 9 heteroatoms. The van der Waals surface area contributed by atoms with E-state index in [0.29, 0.717) is 42.0 Å². The van der Waals surface area contributed by atoms with Crippen LogP contribution in [0.15, 0.2) is 63.5 Å². The molecule has 0 amide bonds. The molecule has 0 spiro atoms. The highest BCUT2D eigenvalue weighted by molar-refractivity contribution is 7.07. The second-order valence-corrected chi connectivity index (χ2v) is 9.83. The number of hydrogen-bond acceptors (Lipinski definition) is 6. The van der Waals surface area contributed by atoms with Crippen LogP contribution in [0.5, 0.6) is 5.75 Å². The van der Waals surface area contributed by atoms with E-state index in [9.17, 15) is 9.59 Å². The number of halogens is 2. The van der Waals surface area contributed by atoms with Crippen LogP contribution in [0.25, 0.3) is 6.08 Å². The normalized spacial score (nSPS) is 15.9. The Morgan fingerprint density at radius 2 is 1.88 bits per heavy atom. The molecule has 0 saturated carbocycles. The number of carbonyl (C=O) groups excluding carboxylic acids is 1. The van der Waals surface area contributed by atoms with Gasteiger partial charge in [0.15, 0.2) is 4.80 Å². The summed E-state index contributed by atoms with van der Waals surface area (Å²) < 4.78 is 12.8. The first kappa shape index (κ1) is 24.3. The molecule has 0 N–H and O–H groups in total. The van der Waals surface area contributed by atoms with Gasteiger partial charge in [0.2, 0.25) is 0 Å². The van der Waals surface area contributed by atoms with Gasteiger partial charge in [-0.25, -0.2) is 9.79 Å². The topological polar surface area (TPSA) is 69.9 Å². The van der Waals surface area contributed by atoms with Gasteiger partial charge in [0.05, 0.1) is 35.1 Å². The van der Waals surface area contributed by atoms with Gasteiger partial charge in [-0.05, 0) is 62.2 Å². The molecule has 2 aromatic carbocycles. The summed E-state index contributed by atoms with van der Waals surface area (Å²) in [5.41, 5.74) is 1.94. The van der Waals surface area contributed by atoms with Crippen LogP contribution in [0.1, 0.15) is 37.9 Å². The molecule has 176 valence electrons. The minimum Gasteiger partial charge on any atom is -0.497 e. The number of carbonyl (C=O) groups is 1. The Balaban J connectivity index is 1.94. The number of esters is 1. The van der Waals surface area contributed by atoms with Gasteiger partial charge in [-0.15, -0.1) is 0 Å². The summed E-state index contributed by atoms with van der Waals surface area (Å²) in [7, 11) is 1.58. The average molecular weight is 517 g/mol. The number of fused-ring (bicyclic) bond motifs is 1. The third-order valence-electron chi connectivity index (χ3n) is 5.26. The number of rotatable bonds is 5. The van der Waals surface area contributed by atoms with Gasteiger partial charge < -0.3 is 9.47 Å². The fourth-order valence-corrected chi connectivity index (χ4v) is 5.22. The van der Waals surface area contributed by atoms with Gasteiger partial charge in [-0.1, -0.05) is 52.7 Å². The standard InChI is InChI=1S/C25H22Cl2N2O4S/c1-13(2)33-24(31)21-14(3)28-25-29(22(21)15-6-9-18(32-4)10-7-15)23(30)20(34-25)11-16-5-8-17(26)12-19(16)27/h5-13,22H,1-4H3/b20-11+. The SMILES string of the molecule is COc1ccc(C2C(C(=O)OC(C)C)=C(C)N=c3s/c(=C/c4ccc(Cl)cc4Cl)c(=O)n32)cc1. The quantitative estimate of drug-likeness (QED) is 0.468. The third-order valence-corrected chi connectivity index (χ3v) is 6.81. The predicted octanol–water partition coefficient (Wildman–Crippen LogP) is 4.50. The zero-order valence-electron chi connectivity index (χ0n) is 19.0. The van der Waals surface area contributed by atoms with Crippen LogP contribution in [0.2, 0.25) is 10.0 Å². The highest BCUT2D eigenvalue weighted by Crippen LogP contribution is 2.32. The lowest BCUT2D eigenvalue weighted by atomic mass is 9.96. The Kier molecular flexibility index (Phi) is 6.98. The largest absolute Gasteiger partial charge is 0.497 e. The number of allylic oxidation sites excluding steroid dienone is 1. The van der Waals surface area contributed by atoms with Gasteiger partial charge in [0, 0.05) is 10.0 Å². The van der Waals surface area contributed by atoms with Gasteiger partial charge in [0.1, 0.15) is 5.75 Å². The van der Waals surface area contributed by atoms with Crippen LogP contribution in [0.4, 0.5) is 0 Å². The minimum atomic E-state index is -0.698. The van der Waals surface area contributed by atoms with Crippen molar-refractivity contribution >= 4 is 46.6 Å². The molecule has 4 rings (SSSR count). The lowest BCUT2D eigenvalue weighted by Gasteiger charge is -2.25. The maximum Gasteiger partial charge on any atom is 0.338 e. The highest BCUT2D eigenvalue weighted by Gasteiger charge is 2.33. The molecule has 3 aromatic rings. The van der Waals surface area contributed by atoms with Gasteiger partial charge >= 0.3 is 5.97 Å². The summed E-state index contributed by atoms with van der Waals surface area (Å²) >= 11 is 13.6. The zero-order valence-corrected chi connectivity index (χ0v) is 21.3. The van der Waals surface area contributed by atoms with Crippen molar-refractivity contribution in [3.63, 3.8) is 0 Å². The van der Waals surface area contributed by atoms with E-state index in [4.69, 9.17) is 32.7 Å². The molecular formula is C25H22Cl2N2O4S.